The molecule has 0 aromatic carbocycles. The molecule has 0 amide bonds. The zero-order valence-corrected chi connectivity index (χ0v) is 10.7. The molecule has 84 valence electrons. The van der Waals surface area contributed by atoms with Crippen molar-refractivity contribution in [1.29, 1.82) is 0 Å². The van der Waals surface area contributed by atoms with Crippen molar-refractivity contribution in [2.45, 2.75) is 53.4 Å². The van der Waals surface area contributed by atoms with Crippen LogP contribution >= 0.6 is 0 Å². The Labute approximate surface area is 94.5 Å². The highest BCUT2D eigenvalue weighted by Crippen LogP contribution is 2.58. The number of hydrogen-bond acceptors (Lipinski definition) is 0. The van der Waals surface area contributed by atoms with Gasteiger partial charge in [-0.15, -0.1) is 0 Å². The van der Waals surface area contributed by atoms with Gasteiger partial charge in [0, 0.05) is 0 Å². The van der Waals surface area contributed by atoms with Gasteiger partial charge in [-0.3, -0.25) is 0 Å². The van der Waals surface area contributed by atoms with E-state index in [-0.39, 0.29) is 0 Å². The Bertz CT molecular complexity index is 319. The third-order valence-corrected chi connectivity index (χ3v) is 5.05. The molecule has 0 aromatic rings. The molecule has 15 heavy (non-hydrogen) atoms. The van der Waals surface area contributed by atoms with Crippen LogP contribution in [-0.2, 0) is 0 Å². The highest BCUT2D eigenvalue weighted by molar-refractivity contribution is 5.37. The summed E-state index contributed by atoms with van der Waals surface area (Å²) in [5, 5.41) is 0. The Morgan fingerprint density at radius 3 is 2.60 bits per heavy atom. The average Bonchev–Trinajstić information content (AvgIpc) is 2.12. The second-order valence-corrected chi connectivity index (χ2v) is 6.41. The maximum Gasteiger partial charge on any atom is -0.00423 e. The Morgan fingerprint density at radius 2 is 1.93 bits per heavy atom. The average molecular weight is 204 g/mol. The molecule has 0 aromatic heterocycles. The zero-order chi connectivity index (χ0) is 11.3. The van der Waals surface area contributed by atoms with Gasteiger partial charge in [-0.05, 0) is 48.5 Å². The van der Waals surface area contributed by atoms with Gasteiger partial charge in [0.25, 0.3) is 0 Å². The van der Waals surface area contributed by atoms with Crippen LogP contribution < -0.4 is 0 Å². The lowest BCUT2D eigenvalue weighted by Crippen LogP contribution is -2.44. The molecule has 1 fully saturated rings. The van der Waals surface area contributed by atoms with Crippen molar-refractivity contribution in [2.75, 3.05) is 0 Å². The van der Waals surface area contributed by atoms with Gasteiger partial charge in [-0.25, -0.2) is 0 Å². The standard InChI is InChI=1S/C15H24/c1-11-7-8-13-14(3,4)9-6-10-15(13,5)12(11)2/h7,13H,2,6,8-10H2,1,3-5H3/t13-,15-/m1/s1. The van der Waals surface area contributed by atoms with Crippen molar-refractivity contribution in [1.82, 2.24) is 0 Å². The Kier molecular flexibility index (Phi) is 2.37. The molecule has 0 spiro atoms. The van der Waals surface area contributed by atoms with Gasteiger partial charge >= 0.3 is 0 Å². The van der Waals surface area contributed by atoms with Crippen LogP contribution in [-0.4, -0.2) is 0 Å². The molecule has 0 radical (unpaired) electrons. The van der Waals surface area contributed by atoms with Gasteiger partial charge in [0.05, 0.1) is 0 Å². The van der Waals surface area contributed by atoms with Crippen LogP contribution in [0, 0.1) is 16.7 Å². The molecule has 0 heterocycles. The fourth-order valence-corrected chi connectivity index (χ4v) is 3.93. The van der Waals surface area contributed by atoms with Gasteiger partial charge < -0.3 is 0 Å². The minimum atomic E-state index is 0.376. The fraction of sp³-hybridized carbons (Fsp3) is 0.733. The van der Waals surface area contributed by atoms with E-state index in [9.17, 15) is 0 Å². The topological polar surface area (TPSA) is 0 Å². The Hall–Kier alpha value is -0.520. The predicted octanol–water partition coefficient (Wildman–Crippen LogP) is 4.73. The smallest absolute Gasteiger partial charge is 0.00423 e. The molecule has 2 atom stereocenters. The molecule has 0 bridgehead atoms. The van der Waals surface area contributed by atoms with E-state index in [1.807, 2.05) is 0 Å². The summed E-state index contributed by atoms with van der Waals surface area (Å²) in [4.78, 5) is 0. The minimum absolute atomic E-state index is 0.376. The summed E-state index contributed by atoms with van der Waals surface area (Å²) < 4.78 is 0. The maximum atomic E-state index is 4.35. The van der Waals surface area contributed by atoms with Crippen molar-refractivity contribution in [3.05, 3.63) is 23.8 Å². The van der Waals surface area contributed by atoms with E-state index in [1.54, 1.807) is 0 Å². The number of fused-ring (bicyclic) bond motifs is 1. The van der Waals surface area contributed by atoms with Crippen molar-refractivity contribution in [3.8, 4) is 0 Å². The Morgan fingerprint density at radius 1 is 1.27 bits per heavy atom. The summed E-state index contributed by atoms with van der Waals surface area (Å²) in [5.74, 6) is 0.801. The van der Waals surface area contributed by atoms with Gasteiger partial charge in [-0.2, -0.15) is 0 Å². The van der Waals surface area contributed by atoms with E-state index >= 15 is 0 Å². The van der Waals surface area contributed by atoms with Crippen LogP contribution in [0.5, 0.6) is 0 Å². The highest BCUT2D eigenvalue weighted by atomic mass is 14.5. The van der Waals surface area contributed by atoms with E-state index in [0.29, 0.717) is 10.8 Å². The molecule has 0 nitrogen and oxygen atoms in total. The first-order chi connectivity index (χ1) is 6.88. The Balaban J connectivity index is 2.42. The summed E-state index contributed by atoms with van der Waals surface area (Å²) in [7, 11) is 0. The molecule has 0 unspecified atom stereocenters. The third kappa shape index (κ3) is 1.49. The first kappa shape index (κ1) is 11.0. The minimum Gasteiger partial charge on any atom is -0.0950 e. The first-order valence-electron chi connectivity index (χ1n) is 6.24. The van der Waals surface area contributed by atoms with Gasteiger partial charge in [-0.1, -0.05) is 45.4 Å². The zero-order valence-electron chi connectivity index (χ0n) is 10.7. The van der Waals surface area contributed by atoms with Crippen molar-refractivity contribution < 1.29 is 0 Å². The van der Waals surface area contributed by atoms with E-state index in [2.05, 4.69) is 40.3 Å². The number of allylic oxidation sites excluding steroid dienone is 3. The highest BCUT2D eigenvalue weighted by Gasteiger charge is 2.48. The van der Waals surface area contributed by atoms with Gasteiger partial charge in [0.2, 0.25) is 0 Å². The summed E-state index contributed by atoms with van der Waals surface area (Å²) in [5.41, 5.74) is 3.71. The molecular formula is C15H24. The van der Waals surface area contributed by atoms with Crippen molar-refractivity contribution in [2.24, 2.45) is 16.7 Å². The monoisotopic (exact) mass is 204 g/mol. The second kappa shape index (κ2) is 3.23. The van der Waals surface area contributed by atoms with Gasteiger partial charge in [0.15, 0.2) is 0 Å². The molecule has 2 aliphatic rings. The van der Waals surface area contributed by atoms with Crippen LogP contribution in [0.4, 0.5) is 0 Å². The summed E-state index contributed by atoms with van der Waals surface area (Å²) in [6.45, 7) is 13.9. The van der Waals surface area contributed by atoms with Crippen molar-refractivity contribution in [3.63, 3.8) is 0 Å². The van der Waals surface area contributed by atoms with Crippen LogP contribution in [0.2, 0.25) is 0 Å². The normalized spacial score (nSPS) is 39.6. The van der Waals surface area contributed by atoms with E-state index in [0.717, 1.165) is 5.92 Å². The molecule has 2 aliphatic carbocycles. The van der Waals surface area contributed by atoms with Crippen molar-refractivity contribution >= 4 is 0 Å². The molecule has 1 saturated carbocycles. The number of rotatable bonds is 0. The maximum absolute atomic E-state index is 4.35. The fourth-order valence-electron chi connectivity index (χ4n) is 3.93. The summed E-state index contributed by atoms with van der Waals surface area (Å²) in [6.07, 6.45) is 7.75. The van der Waals surface area contributed by atoms with Crippen LogP contribution in [0.15, 0.2) is 23.8 Å². The molecule has 0 N–H and O–H groups in total. The first-order valence-corrected chi connectivity index (χ1v) is 6.24. The van der Waals surface area contributed by atoms with E-state index < -0.39 is 0 Å². The molecule has 0 aliphatic heterocycles. The predicted molar refractivity (Wildman–Crippen MR) is 66.7 cm³/mol. The quantitative estimate of drug-likeness (QED) is 0.535. The van der Waals surface area contributed by atoms with Crippen LogP contribution in [0.25, 0.3) is 0 Å². The third-order valence-electron chi connectivity index (χ3n) is 5.05. The SMILES string of the molecule is C=C1C(C)=CC[C@@H]2C(C)(C)CCC[C@]12C. The van der Waals surface area contributed by atoms with Crippen LogP contribution in [0.1, 0.15) is 53.4 Å². The molecule has 2 rings (SSSR count). The summed E-state index contributed by atoms with van der Waals surface area (Å²) >= 11 is 0. The lowest BCUT2D eigenvalue weighted by molar-refractivity contribution is 0.0265. The second-order valence-electron chi connectivity index (χ2n) is 6.41. The lowest BCUT2D eigenvalue weighted by atomic mass is 9.51. The summed E-state index contributed by atoms with van der Waals surface area (Å²) in [6, 6.07) is 0. The molecular weight excluding hydrogens is 180 g/mol. The molecule has 0 heteroatoms. The number of hydrogen-bond donors (Lipinski definition) is 0. The van der Waals surface area contributed by atoms with E-state index in [1.165, 1.54) is 36.8 Å². The van der Waals surface area contributed by atoms with Crippen LogP contribution in [0.3, 0.4) is 0 Å². The van der Waals surface area contributed by atoms with E-state index in [4.69, 9.17) is 0 Å². The lowest BCUT2D eigenvalue weighted by Gasteiger charge is -2.54. The van der Waals surface area contributed by atoms with Gasteiger partial charge in [0.1, 0.15) is 0 Å². The largest absolute Gasteiger partial charge is 0.0950 e. The molecule has 0 saturated heterocycles.